The summed E-state index contributed by atoms with van der Waals surface area (Å²) in [5.41, 5.74) is 0.630. The Morgan fingerprint density at radius 1 is 1.12 bits per heavy atom. The maximum atomic E-state index is 13.2. The zero-order chi connectivity index (χ0) is 17.4. The smallest absolute Gasteiger partial charge is 0.241 e. The molecule has 130 valence electrons. The first-order chi connectivity index (χ1) is 11.3. The van der Waals surface area contributed by atoms with E-state index in [0.717, 1.165) is 0 Å². The number of hydrogen-bond donors (Lipinski definition) is 0. The Hall–Kier alpha value is -1.87. The van der Waals surface area contributed by atoms with Gasteiger partial charge in [0, 0.05) is 18.9 Å². The molecule has 1 saturated heterocycles. The van der Waals surface area contributed by atoms with E-state index in [2.05, 4.69) is 5.10 Å². The molecule has 0 saturated carbocycles. The van der Waals surface area contributed by atoms with Crippen molar-refractivity contribution in [3.05, 3.63) is 42.7 Å². The SMILES string of the molecule is O=S(=O)(c1ccc(-n2cccn2)cc1)N1CCCCC1C(F)(F)F. The van der Waals surface area contributed by atoms with Crippen molar-refractivity contribution in [3.8, 4) is 5.69 Å². The predicted molar refractivity (Wildman–Crippen MR) is 81.1 cm³/mol. The summed E-state index contributed by atoms with van der Waals surface area (Å²) in [5, 5.41) is 4.02. The van der Waals surface area contributed by atoms with Crippen molar-refractivity contribution in [1.82, 2.24) is 14.1 Å². The van der Waals surface area contributed by atoms with Gasteiger partial charge in [0.05, 0.1) is 10.6 Å². The van der Waals surface area contributed by atoms with Crippen molar-refractivity contribution >= 4 is 10.0 Å². The van der Waals surface area contributed by atoms with Crippen LogP contribution >= 0.6 is 0 Å². The molecule has 0 spiro atoms. The molecule has 24 heavy (non-hydrogen) atoms. The van der Waals surface area contributed by atoms with Gasteiger partial charge >= 0.3 is 6.18 Å². The quantitative estimate of drug-likeness (QED) is 0.847. The van der Waals surface area contributed by atoms with Gasteiger partial charge in [-0.1, -0.05) is 6.42 Å². The molecule has 2 aromatic rings. The second-order valence-electron chi connectivity index (χ2n) is 5.61. The van der Waals surface area contributed by atoms with Crippen molar-refractivity contribution in [2.24, 2.45) is 0 Å². The molecule has 1 aliphatic heterocycles. The molecule has 1 aromatic carbocycles. The highest BCUT2D eigenvalue weighted by molar-refractivity contribution is 7.89. The van der Waals surface area contributed by atoms with E-state index in [1.165, 1.54) is 28.9 Å². The normalized spacial score (nSPS) is 20.2. The highest BCUT2D eigenvalue weighted by Gasteiger charge is 2.48. The molecule has 1 aromatic heterocycles. The third-order valence-corrected chi connectivity index (χ3v) is 5.97. The van der Waals surface area contributed by atoms with Gasteiger partial charge in [0.1, 0.15) is 6.04 Å². The number of sulfonamides is 1. The van der Waals surface area contributed by atoms with Crippen LogP contribution in [0, 0.1) is 0 Å². The average molecular weight is 359 g/mol. The van der Waals surface area contributed by atoms with Crippen molar-refractivity contribution in [2.75, 3.05) is 6.54 Å². The highest BCUT2D eigenvalue weighted by Crippen LogP contribution is 2.35. The van der Waals surface area contributed by atoms with Crippen molar-refractivity contribution in [1.29, 1.82) is 0 Å². The predicted octanol–water partition coefficient (Wildman–Crippen LogP) is 2.98. The van der Waals surface area contributed by atoms with Crippen molar-refractivity contribution in [3.63, 3.8) is 0 Å². The van der Waals surface area contributed by atoms with Gasteiger partial charge in [-0.15, -0.1) is 0 Å². The Bertz CT molecular complexity index is 786. The molecule has 1 unspecified atom stereocenters. The zero-order valence-corrected chi connectivity index (χ0v) is 13.5. The van der Waals surface area contributed by atoms with Gasteiger partial charge in [-0.3, -0.25) is 0 Å². The Kier molecular flexibility index (Phi) is 4.39. The number of alkyl halides is 3. The molecular formula is C15H16F3N3O2S. The van der Waals surface area contributed by atoms with Gasteiger partial charge in [0.25, 0.3) is 0 Å². The van der Waals surface area contributed by atoms with Gasteiger partial charge in [0.2, 0.25) is 10.0 Å². The summed E-state index contributed by atoms with van der Waals surface area (Å²) in [6.07, 6.45) is -0.706. The fraction of sp³-hybridized carbons (Fsp3) is 0.400. The molecule has 1 atom stereocenters. The van der Waals surface area contributed by atoms with E-state index in [1.54, 1.807) is 18.5 Å². The summed E-state index contributed by atoms with van der Waals surface area (Å²) in [6.45, 7) is -0.118. The minimum absolute atomic E-state index is 0.118. The van der Waals surface area contributed by atoms with E-state index < -0.39 is 22.2 Å². The Labute approximate surface area is 137 Å². The first-order valence-corrected chi connectivity index (χ1v) is 8.93. The van der Waals surface area contributed by atoms with Crippen LogP contribution in [-0.2, 0) is 10.0 Å². The summed E-state index contributed by atoms with van der Waals surface area (Å²) >= 11 is 0. The Morgan fingerprint density at radius 2 is 1.83 bits per heavy atom. The van der Waals surface area contributed by atoms with E-state index in [-0.39, 0.29) is 17.9 Å². The third kappa shape index (κ3) is 3.18. The van der Waals surface area contributed by atoms with Crippen molar-refractivity contribution < 1.29 is 21.6 Å². The number of rotatable bonds is 3. The van der Waals surface area contributed by atoms with Crippen molar-refractivity contribution in [2.45, 2.75) is 36.4 Å². The molecular weight excluding hydrogens is 343 g/mol. The lowest BCUT2D eigenvalue weighted by molar-refractivity contribution is -0.177. The third-order valence-electron chi connectivity index (χ3n) is 4.04. The Balaban J connectivity index is 1.92. The molecule has 0 amide bonds. The Morgan fingerprint density at radius 3 is 2.42 bits per heavy atom. The monoisotopic (exact) mass is 359 g/mol. The van der Waals surface area contributed by atoms with E-state index in [0.29, 0.717) is 22.8 Å². The van der Waals surface area contributed by atoms with Crippen LogP contribution < -0.4 is 0 Å². The van der Waals surface area contributed by atoms with Crippen LogP contribution in [0.25, 0.3) is 5.69 Å². The first-order valence-electron chi connectivity index (χ1n) is 7.49. The summed E-state index contributed by atoms with van der Waals surface area (Å²) in [5.74, 6) is 0. The maximum absolute atomic E-state index is 13.2. The van der Waals surface area contributed by atoms with Gasteiger partial charge < -0.3 is 0 Å². The van der Waals surface area contributed by atoms with Crippen LogP contribution in [0.2, 0.25) is 0 Å². The first kappa shape index (κ1) is 17.0. The number of halogens is 3. The van der Waals surface area contributed by atoms with E-state index in [4.69, 9.17) is 0 Å². The second kappa shape index (κ2) is 6.21. The number of aromatic nitrogens is 2. The van der Waals surface area contributed by atoms with Gasteiger partial charge in [-0.05, 0) is 43.2 Å². The standard InChI is InChI=1S/C15H16F3N3O2S/c16-15(17,18)14-4-1-2-11-21(14)24(22,23)13-7-5-12(6-8-13)20-10-3-9-19-20/h3,5-10,14H,1-2,4,11H2. The van der Waals surface area contributed by atoms with Crippen LogP contribution in [0.5, 0.6) is 0 Å². The van der Waals surface area contributed by atoms with E-state index in [1.807, 2.05) is 0 Å². The topological polar surface area (TPSA) is 55.2 Å². The molecule has 0 aliphatic carbocycles. The molecule has 0 radical (unpaired) electrons. The molecule has 1 aliphatic rings. The molecule has 3 rings (SSSR count). The molecule has 1 fully saturated rings. The van der Waals surface area contributed by atoms with Crippen LogP contribution in [0.4, 0.5) is 13.2 Å². The van der Waals surface area contributed by atoms with Gasteiger partial charge in [-0.25, -0.2) is 13.1 Å². The summed E-state index contributed by atoms with van der Waals surface area (Å²) in [4.78, 5) is -0.144. The number of benzene rings is 1. The lowest BCUT2D eigenvalue weighted by Gasteiger charge is -2.35. The van der Waals surface area contributed by atoms with E-state index in [9.17, 15) is 21.6 Å². The van der Waals surface area contributed by atoms with Crippen LogP contribution in [0.1, 0.15) is 19.3 Å². The van der Waals surface area contributed by atoms with Gasteiger partial charge in [-0.2, -0.15) is 22.6 Å². The average Bonchev–Trinajstić information content (AvgIpc) is 3.09. The minimum atomic E-state index is -4.57. The number of nitrogens with zero attached hydrogens (tertiary/aromatic N) is 3. The van der Waals surface area contributed by atoms with Crippen LogP contribution in [0.3, 0.4) is 0 Å². The fourth-order valence-corrected chi connectivity index (χ4v) is 4.53. The molecule has 2 heterocycles. The number of piperidine rings is 1. The molecule has 0 bridgehead atoms. The lowest BCUT2D eigenvalue weighted by atomic mass is 10.0. The summed E-state index contributed by atoms with van der Waals surface area (Å²) in [7, 11) is -4.20. The van der Waals surface area contributed by atoms with Crippen LogP contribution in [-0.4, -0.2) is 41.3 Å². The minimum Gasteiger partial charge on any atom is -0.241 e. The summed E-state index contributed by atoms with van der Waals surface area (Å²) < 4.78 is 66.9. The zero-order valence-electron chi connectivity index (χ0n) is 12.6. The van der Waals surface area contributed by atoms with Gasteiger partial charge in [0.15, 0.2) is 0 Å². The lowest BCUT2D eigenvalue weighted by Crippen LogP contribution is -2.51. The van der Waals surface area contributed by atoms with Crippen LogP contribution in [0.15, 0.2) is 47.6 Å². The summed E-state index contributed by atoms with van der Waals surface area (Å²) in [6, 6.07) is 5.43. The largest absolute Gasteiger partial charge is 0.405 e. The maximum Gasteiger partial charge on any atom is 0.405 e. The fourth-order valence-electron chi connectivity index (χ4n) is 2.85. The highest BCUT2D eigenvalue weighted by atomic mass is 32.2. The molecule has 5 nitrogen and oxygen atoms in total. The molecule has 9 heteroatoms. The second-order valence-corrected chi connectivity index (χ2v) is 7.50. The number of hydrogen-bond acceptors (Lipinski definition) is 3. The molecule has 0 N–H and O–H groups in total. The van der Waals surface area contributed by atoms with E-state index >= 15 is 0 Å².